The molecule has 6 nitrogen and oxygen atoms in total. The number of amides is 2. The largest absolute Gasteiger partial charge is 0.493 e. The summed E-state index contributed by atoms with van der Waals surface area (Å²) in [5, 5.41) is 5.56. The standard InChI is InChI=1S/C22H22N2O4/c1-3-27-19-10-16-8-13(2)28-20(16)9-14(19)5-7-21(25)24-17-6-4-15-12-23-22(26)18(15)11-17/h4-7,9-11,13H,3,8,12H2,1-2H3,(H,23,26)(H,24,25). The van der Waals surface area contributed by atoms with Gasteiger partial charge in [-0.25, -0.2) is 0 Å². The predicted octanol–water partition coefficient (Wildman–Crippen LogP) is 3.30. The summed E-state index contributed by atoms with van der Waals surface area (Å²) in [5.74, 6) is 1.17. The summed E-state index contributed by atoms with van der Waals surface area (Å²) < 4.78 is 11.5. The fourth-order valence-corrected chi connectivity index (χ4v) is 3.51. The molecular formula is C22H22N2O4. The van der Waals surface area contributed by atoms with Crippen LogP contribution in [-0.4, -0.2) is 24.5 Å². The molecule has 2 aromatic carbocycles. The normalized spacial score (nSPS) is 17.1. The number of carbonyl (C=O) groups excluding carboxylic acids is 2. The molecule has 28 heavy (non-hydrogen) atoms. The minimum Gasteiger partial charge on any atom is -0.493 e. The zero-order valence-corrected chi connectivity index (χ0v) is 15.9. The monoisotopic (exact) mass is 378 g/mol. The molecule has 0 saturated carbocycles. The first-order valence-corrected chi connectivity index (χ1v) is 9.40. The first-order valence-electron chi connectivity index (χ1n) is 9.40. The topological polar surface area (TPSA) is 76.7 Å². The van der Waals surface area contributed by atoms with Crippen LogP contribution in [0, 0.1) is 0 Å². The Labute approximate surface area is 163 Å². The minimum absolute atomic E-state index is 0.115. The van der Waals surface area contributed by atoms with Crippen LogP contribution in [0.15, 0.2) is 36.4 Å². The summed E-state index contributed by atoms with van der Waals surface area (Å²) in [6.45, 7) is 5.03. The Morgan fingerprint density at radius 2 is 2.18 bits per heavy atom. The molecule has 0 fully saturated rings. The molecule has 6 heteroatoms. The lowest BCUT2D eigenvalue weighted by molar-refractivity contribution is -0.111. The number of nitrogens with one attached hydrogen (secondary N) is 2. The highest BCUT2D eigenvalue weighted by atomic mass is 16.5. The first-order chi connectivity index (χ1) is 13.5. The molecule has 0 saturated heterocycles. The molecule has 1 unspecified atom stereocenters. The van der Waals surface area contributed by atoms with Gasteiger partial charge in [-0.05, 0) is 49.8 Å². The van der Waals surface area contributed by atoms with Crippen molar-refractivity contribution in [3.05, 3.63) is 58.7 Å². The molecule has 0 radical (unpaired) electrons. The van der Waals surface area contributed by atoms with Gasteiger partial charge in [0.25, 0.3) is 5.91 Å². The summed E-state index contributed by atoms with van der Waals surface area (Å²) in [5.41, 5.74) is 4.03. The van der Waals surface area contributed by atoms with Gasteiger partial charge in [0.05, 0.1) is 6.61 Å². The number of hydrogen-bond acceptors (Lipinski definition) is 4. The fraction of sp³-hybridized carbons (Fsp3) is 0.273. The van der Waals surface area contributed by atoms with Crippen LogP contribution < -0.4 is 20.1 Å². The van der Waals surface area contributed by atoms with E-state index in [0.29, 0.717) is 24.4 Å². The van der Waals surface area contributed by atoms with Gasteiger partial charge in [0.2, 0.25) is 5.91 Å². The highest BCUT2D eigenvalue weighted by Gasteiger charge is 2.21. The summed E-state index contributed by atoms with van der Waals surface area (Å²) in [6.07, 6.45) is 4.17. The van der Waals surface area contributed by atoms with Gasteiger partial charge in [0.15, 0.2) is 0 Å². The molecule has 1 atom stereocenters. The Kier molecular flexibility index (Phi) is 4.77. The quantitative estimate of drug-likeness (QED) is 0.783. The smallest absolute Gasteiger partial charge is 0.251 e. The van der Waals surface area contributed by atoms with Crippen molar-refractivity contribution >= 4 is 23.6 Å². The molecule has 0 aliphatic carbocycles. The maximum absolute atomic E-state index is 12.4. The van der Waals surface area contributed by atoms with Crippen molar-refractivity contribution in [3.63, 3.8) is 0 Å². The van der Waals surface area contributed by atoms with Crippen molar-refractivity contribution in [2.24, 2.45) is 0 Å². The van der Waals surface area contributed by atoms with E-state index < -0.39 is 0 Å². The number of rotatable bonds is 5. The second kappa shape index (κ2) is 7.38. The third kappa shape index (κ3) is 3.58. The van der Waals surface area contributed by atoms with Gasteiger partial charge in [0.1, 0.15) is 17.6 Å². The molecule has 2 aliphatic rings. The lowest BCUT2D eigenvalue weighted by atomic mass is 10.1. The molecule has 2 aliphatic heterocycles. The Bertz CT molecular complexity index is 981. The average molecular weight is 378 g/mol. The number of fused-ring (bicyclic) bond motifs is 2. The molecule has 2 amide bonds. The lowest BCUT2D eigenvalue weighted by Crippen LogP contribution is -2.13. The van der Waals surface area contributed by atoms with Gasteiger partial charge in [0, 0.05) is 41.4 Å². The zero-order chi connectivity index (χ0) is 19.7. The molecular weight excluding hydrogens is 356 g/mol. The second-order valence-corrected chi connectivity index (χ2v) is 6.94. The van der Waals surface area contributed by atoms with E-state index in [1.807, 2.05) is 32.0 Å². The fourth-order valence-electron chi connectivity index (χ4n) is 3.51. The molecule has 0 aromatic heterocycles. The minimum atomic E-state index is -0.282. The third-order valence-electron chi connectivity index (χ3n) is 4.80. The van der Waals surface area contributed by atoms with E-state index in [4.69, 9.17) is 9.47 Å². The predicted molar refractivity (Wildman–Crippen MR) is 107 cm³/mol. The van der Waals surface area contributed by atoms with Crippen molar-refractivity contribution in [1.29, 1.82) is 0 Å². The van der Waals surface area contributed by atoms with Crippen molar-refractivity contribution < 1.29 is 19.1 Å². The number of benzene rings is 2. The molecule has 0 spiro atoms. The highest BCUT2D eigenvalue weighted by molar-refractivity contribution is 6.04. The van der Waals surface area contributed by atoms with Gasteiger partial charge in [-0.2, -0.15) is 0 Å². The maximum Gasteiger partial charge on any atom is 0.251 e. The molecule has 2 aromatic rings. The molecule has 2 heterocycles. The summed E-state index contributed by atoms with van der Waals surface area (Å²) in [4.78, 5) is 24.1. The van der Waals surface area contributed by atoms with Crippen molar-refractivity contribution in [1.82, 2.24) is 5.32 Å². The molecule has 144 valence electrons. The Hall–Kier alpha value is -3.28. The van der Waals surface area contributed by atoms with Gasteiger partial charge in [-0.1, -0.05) is 6.07 Å². The van der Waals surface area contributed by atoms with E-state index in [9.17, 15) is 9.59 Å². The number of ether oxygens (including phenoxy) is 2. The van der Waals surface area contributed by atoms with E-state index in [0.717, 1.165) is 34.6 Å². The van der Waals surface area contributed by atoms with Gasteiger partial charge < -0.3 is 20.1 Å². The number of anilines is 1. The van der Waals surface area contributed by atoms with Crippen LogP contribution in [0.25, 0.3) is 6.08 Å². The Balaban J connectivity index is 1.51. The summed E-state index contributed by atoms with van der Waals surface area (Å²) in [6, 6.07) is 9.23. The van der Waals surface area contributed by atoms with Crippen LogP contribution in [0.5, 0.6) is 11.5 Å². The van der Waals surface area contributed by atoms with Crippen molar-refractivity contribution in [2.75, 3.05) is 11.9 Å². The number of hydrogen-bond donors (Lipinski definition) is 2. The highest BCUT2D eigenvalue weighted by Crippen LogP contribution is 2.35. The SMILES string of the molecule is CCOc1cc2c(cc1C=CC(=O)Nc1ccc3c(c1)C(=O)NC3)OC(C)C2. The Morgan fingerprint density at radius 3 is 3.00 bits per heavy atom. The molecule has 0 bridgehead atoms. The van der Waals surface area contributed by atoms with Crippen LogP contribution in [0.3, 0.4) is 0 Å². The average Bonchev–Trinajstić information content (AvgIpc) is 3.21. The van der Waals surface area contributed by atoms with Gasteiger partial charge >= 0.3 is 0 Å². The van der Waals surface area contributed by atoms with Crippen LogP contribution in [0.2, 0.25) is 0 Å². The van der Waals surface area contributed by atoms with Gasteiger partial charge in [-0.3, -0.25) is 9.59 Å². The van der Waals surface area contributed by atoms with Crippen LogP contribution in [-0.2, 0) is 17.8 Å². The summed E-state index contributed by atoms with van der Waals surface area (Å²) in [7, 11) is 0. The second-order valence-electron chi connectivity index (χ2n) is 6.94. The molecule has 4 rings (SSSR count). The van der Waals surface area contributed by atoms with E-state index in [2.05, 4.69) is 10.6 Å². The van der Waals surface area contributed by atoms with Crippen molar-refractivity contribution in [3.8, 4) is 11.5 Å². The zero-order valence-electron chi connectivity index (χ0n) is 15.9. The number of carbonyl (C=O) groups is 2. The molecule has 2 N–H and O–H groups in total. The van der Waals surface area contributed by atoms with E-state index >= 15 is 0 Å². The van der Waals surface area contributed by atoms with E-state index in [1.54, 1.807) is 18.2 Å². The van der Waals surface area contributed by atoms with Crippen molar-refractivity contribution in [2.45, 2.75) is 32.9 Å². The van der Waals surface area contributed by atoms with Crippen LogP contribution in [0.4, 0.5) is 5.69 Å². The first kappa shape index (κ1) is 18.1. The third-order valence-corrected chi connectivity index (χ3v) is 4.80. The summed E-state index contributed by atoms with van der Waals surface area (Å²) >= 11 is 0. The maximum atomic E-state index is 12.4. The lowest BCUT2D eigenvalue weighted by Gasteiger charge is -2.10. The van der Waals surface area contributed by atoms with Gasteiger partial charge in [-0.15, -0.1) is 0 Å². The Morgan fingerprint density at radius 1 is 1.32 bits per heavy atom. The van der Waals surface area contributed by atoms with E-state index in [-0.39, 0.29) is 17.9 Å². The van der Waals surface area contributed by atoms with Crippen LogP contribution in [0.1, 0.15) is 40.9 Å². The van der Waals surface area contributed by atoms with E-state index in [1.165, 1.54) is 6.08 Å². The van der Waals surface area contributed by atoms with Crippen LogP contribution >= 0.6 is 0 Å².